The van der Waals surface area contributed by atoms with E-state index >= 15 is 0 Å². The minimum Gasteiger partial charge on any atom is -0.489 e. The third-order valence-electron chi connectivity index (χ3n) is 4.79. The van der Waals surface area contributed by atoms with Gasteiger partial charge >= 0.3 is 0 Å². The van der Waals surface area contributed by atoms with Gasteiger partial charge in [0.25, 0.3) is 0 Å². The second kappa shape index (κ2) is 7.17. The van der Waals surface area contributed by atoms with E-state index in [1.54, 1.807) is 13.0 Å². The molecule has 0 bridgehead atoms. The highest BCUT2D eigenvalue weighted by molar-refractivity contribution is 5.41. The molecule has 1 aromatic carbocycles. The van der Waals surface area contributed by atoms with Crippen LogP contribution in [0, 0.1) is 18.7 Å². The highest BCUT2D eigenvalue weighted by atomic mass is 19.1. The van der Waals surface area contributed by atoms with Gasteiger partial charge in [0.2, 0.25) is 0 Å². The molecule has 0 spiro atoms. The van der Waals surface area contributed by atoms with E-state index in [1.807, 2.05) is 12.1 Å². The standard InChI is InChI=1S/C19H25FO2/c1-14-17(21-13-5-8-15-6-4-7-15)11-12-18(19(14)20)22-16-9-2-3-10-16/h5,8,11-12,15-16H,2-4,6-7,9-10,13H2,1H3/b8-5+. The normalized spacial score (nSPS) is 19.5. The third-order valence-corrected chi connectivity index (χ3v) is 4.79. The number of hydrogen-bond donors (Lipinski definition) is 0. The van der Waals surface area contributed by atoms with Gasteiger partial charge in [-0.05, 0) is 63.5 Å². The van der Waals surface area contributed by atoms with Gasteiger partial charge < -0.3 is 9.47 Å². The van der Waals surface area contributed by atoms with Gasteiger partial charge in [-0.2, -0.15) is 0 Å². The van der Waals surface area contributed by atoms with Crippen LogP contribution in [0.3, 0.4) is 0 Å². The summed E-state index contributed by atoms with van der Waals surface area (Å²) in [4.78, 5) is 0. The van der Waals surface area contributed by atoms with Crippen LogP contribution >= 0.6 is 0 Å². The summed E-state index contributed by atoms with van der Waals surface area (Å²) in [5.74, 6) is 1.41. The van der Waals surface area contributed by atoms with Crippen LogP contribution in [0.25, 0.3) is 0 Å². The van der Waals surface area contributed by atoms with Crippen molar-refractivity contribution in [2.24, 2.45) is 5.92 Å². The topological polar surface area (TPSA) is 18.5 Å². The molecule has 0 saturated heterocycles. The fourth-order valence-corrected chi connectivity index (χ4v) is 3.09. The van der Waals surface area contributed by atoms with E-state index < -0.39 is 0 Å². The van der Waals surface area contributed by atoms with E-state index in [-0.39, 0.29) is 11.9 Å². The maximum Gasteiger partial charge on any atom is 0.171 e. The minimum atomic E-state index is -0.285. The lowest BCUT2D eigenvalue weighted by molar-refractivity contribution is 0.199. The van der Waals surface area contributed by atoms with Crippen molar-refractivity contribution in [3.8, 4) is 11.5 Å². The van der Waals surface area contributed by atoms with Crippen molar-refractivity contribution in [3.63, 3.8) is 0 Å². The van der Waals surface area contributed by atoms with Gasteiger partial charge in [0.05, 0.1) is 6.10 Å². The second-order valence-electron chi connectivity index (χ2n) is 6.46. The minimum absolute atomic E-state index is 0.172. The van der Waals surface area contributed by atoms with E-state index in [0.717, 1.165) is 18.8 Å². The number of hydrogen-bond acceptors (Lipinski definition) is 2. The van der Waals surface area contributed by atoms with Crippen LogP contribution in [0.5, 0.6) is 11.5 Å². The number of ether oxygens (including phenoxy) is 2. The zero-order valence-corrected chi connectivity index (χ0v) is 13.3. The fraction of sp³-hybridized carbons (Fsp3) is 0.579. The van der Waals surface area contributed by atoms with Gasteiger partial charge in [-0.15, -0.1) is 0 Å². The second-order valence-corrected chi connectivity index (χ2v) is 6.46. The Kier molecular flexibility index (Phi) is 5.01. The molecule has 2 fully saturated rings. The smallest absolute Gasteiger partial charge is 0.171 e. The number of rotatable bonds is 6. The molecule has 2 saturated carbocycles. The molecule has 0 aromatic heterocycles. The molecular formula is C19H25FO2. The van der Waals surface area contributed by atoms with Crippen LogP contribution in [0.15, 0.2) is 24.3 Å². The lowest BCUT2D eigenvalue weighted by Gasteiger charge is -2.21. The Labute approximate surface area is 132 Å². The first-order chi connectivity index (χ1) is 10.7. The van der Waals surface area contributed by atoms with E-state index in [0.29, 0.717) is 23.7 Å². The Morgan fingerprint density at radius 2 is 1.82 bits per heavy atom. The highest BCUT2D eigenvalue weighted by Crippen LogP contribution is 2.32. The largest absolute Gasteiger partial charge is 0.489 e. The molecule has 1 aromatic rings. The van der Waals surface area contributed by atoms with Crippen molar-refractivity contribution in [2.75, 3.05) is 6.61 Å². The van der Waals surface area contributed by atoms with Crippen molar-refractivity contribution in [1.29, 1.82) is 0 Å². The molecule has 2 aliphatic rings. The molecule has 0 unspecified atom stereocenters. The molecule has 0 heterocycles. The van der Waals surface area contributed by atoms with Crippen LogP contribution in [0.2, 0.25) is 0 Å². The third kappa shape index (κ3) is 3.63. The SMILES string of the molecule is Cc1c(OC/C=C/C2CCC2)ccc(OC2CCCC2)c1F. The quantitative estimate of drug-likeness (QED) is 0.673. The van der Waals surface area contributed by atoms with Crippen LogP contribution in [-0.4, -0.2) is 12.7 Å². The molecule has 0 N–H and O–H groups in total. The monoisotopic (exact) mass is 304 g/mol. The Bertz CT molecular complexity index is 528. The molecule has 2 nitrogen and oxygen atoms in total. The van der Waals surface area contributed by atoms with Gasteiger partial charge in [-0.3, -0.25) is 0 Å². The summed E-state index contributed by atoms with van der Waals surface area (Å²) in [5.41, 5.74) is 0.535. The Morgan fingerprint density at radius 1 is 1.09 bits per heavy atom. The van der Waals surface area contributed by atoms with Crippen molar-refractivity contribution < 1.29 is 13.9 Å². The van der Waals surface area contributed by atoms with Crippen LogP contribution in [-0.2, 0) is 0 Å². The maximum absolute atomic E-state index is 14.4. The summed E-state index contributed by atoms with van der Waals surface area (Å²) < 4.78 is 25.8. The predicted octanol–water partition coefficient (Wildman–Crippen LogP) is 5.19. The molecular weight excluding hydrogens is 279 g/mol. The van der Waals surface area contributed by atoms with Gasteiger partial charge in [-0.1, -0.05) is 18.6 Å². The predicted molar refractivity (Wildman–Crippen MR) is 86.0 cm³/mol. The molecule has 120 valence electrons. The summed E-state index contributed by atoms with van der Waals surface area (Å²) >= 11 is 0. The molecule has 0 radical (unpaired) electrons. The lowest BCUT2D eigenvalue weighted by atomic mass is 9.85. The molecule has 0 aliphatic heterocycles. The molecule has 3 heteroatoms. The zero-order valence-electron chi connectivity index (χ0n) is 13.3. The van der Waals surface area contributed by atoms with Gasteiger partial charge in [0.1, 0.15) is 12.4 Å². The number of halogens is 1. The summed E-state index contributed by atoms with van der Waals surface area (Å²) in [7, 11) is 0. The molecule has 22 heavy (non-hydrogen) atoms. The molecule has 0 atom stereocenters. The molecule has 2 aliphatic carbocycles. The van der Waals surface area contributed by atoms with Gasteiger partial charge in [0.15, 0.2) is 11.6 Å². The van der Waals surface area contributed by atoms with E-state index in [9.17, 15) is 4.39 Å². The van der Waals surface area contributed by atoms with Gasteiger partial charge in [0, 0.05) is 5.56 Å². The molecule has 0 amide bonds. The first-order valence-electron chi connectivity index (χ1n) is 8.49. The average molecular weight is 304 g/mol. The van der Waals surface area contributed by atoms with Crippen LogP contribution in [0.1, 0.15) is 50.5 Å². The molecule has 3 rings (SSSR count). The number of allylic oxidation sites excluding steroid dienone is 1. The Hall–Kier alpha value is -1.51. The van der Waals surface area contributed by atoms with Crippen LogP contribution < -0.4 is 9.47 Å². The van der Waals surface area contributed by atoms with Crippen molar-refractivity contribution in [1.82, 2.24) is 0 Å². The number of benzene rings is 1. The summed E-state index contributed by atoms with van der Waals surface area (Å²) in [5, 5.41) is 0. The maximum atomic E-state index is 14.4. The summed E-state index contributed by atoms with van der Waals surface area (Å²) in [6.07, 6.45) is 12.8. The first-order valence-corrected chi connectivity index (χ1v) is 8.49. The van der Waals surface area contributed by atoms with E-state index in [1.165, 1.54) is 32.1 Å². The highest BCUT2D eigenvalue weighted by Gasteiger charge is 2.20. The van der Waals surface area contributed by atoms with Crippen molar-refractivity contribution in [2.45, 2.75) is 58.0 Å². The zero-order chi connectivity index (χ0) is 15.4. The van der Waals surface area contributed by atoms with Gasteiger partial charge in [-0.25, -0.2) is 4.39 Å². The van der Waals surface area contributed by atoms with Crippen LogP contribution in [0.4, 0.5) is 4.39 Å². The first kappa shape index (κ1) is 15.4. The fourth-order valence-electron chi connectivity index (χ4n) is 3.09. The van der Waals surface area contributed by atoms with Crippen molar-refractivity contribution >= 4 is 0 Å². The summed E-state index contributed by atoms with van der Waals surface area (Å²) in [6.45, 7) is 2.25. The summed E-state index contributed by atoms with van der Waals surface area (Å²) in [6, 6.07) is 3.52. The van der Waals surface area contributed by atoms with Crippen molar-refractivity contribution in [3.05, 3.63) is 35.7 Å². The van der Waals surface area contributed by atoms with E-state index in [4.69, 9.17) is 9.47 Å². The van der Waals surface area contributed by atoms with E-state index in [2.05, 4.69) is 6.08 Å². The lowest BCUT2D eigenvalue weighted by Crippen LogP contribution is -2.12. The Morgan fingerprint density at radius 3 is 2.50 bits per heavy atom. The average Bonchev–Trinajstić information content (AvgIpc) is 2.97. The Balaban J connectivity index is 1.57.